The summed E-state index contributed by atoms with van der Waals surface area (Å²) >= 11 is 0. The second-order valence-electron chi connectivity index (χ2n) is 3.72. The van der Waals surface area contributed by atoms with Crippen LogP contribution >= 0.6 is 0 Å². The number of nitro groups is 1. The largest absolute Gasteiger partial charge is 0.450 e. The van der Waals surface area contributed by atoms with Crippen molar-refractivity contribution in [2.75, 3.05) is 12.4 Å². The van der Waals surface area contributed by atoms with E-state index in [0.29, 0.717) is 11.4 Å². The third-order valence-corrected chi connectivity index (χ3v) is 2.49. The van der Waals surface area contributed by atoms with Gasteiger partial charge in [0.15, 0.2) is 0 Å². The van der Waals surface area contributed by atoms with Crippen LogP contribution in [-0.4, -0.2) is 12.0 Å². The quantitative estimate of drug-likeness (QED) is 0.675. The third-order valence-electron chi connectivity index (χ3n) is 2.49. The fourth-order valence-corrected chi connectivity index (χ4v) is 1.62. The Kier molecular flexibility index (Phi) is 3.61. The molecule has 0 aromatic heterocycles. The van der Waals surface area contributed by atoms with Crippen molar-refractivity contribution in [3.05, 3.63) is 58.4 Å². The van der Waals surface area contributed by atoms with Crippen LogP contribution < -0.4 is 10.1 Å². The average molecular weight is 262 g/mol. The molecule has 2 aromatic rings. The van der Waals surface area contributed by atoms with E-state index in [1.165, 1.54) is 30.3 Å². The van der Waals surface area contributed by atoms with Crippen LogP contribution in [0, 0.1) is 15.9 Å². The zero-order chi connectivity index (χ0) is 13.8. The summed E-state index contributed by atoms with van der Waals surface area (Å²) in [6.45, 7) is 0. The average Bonchev–Trinajstić information content (AvgIpc) is 2.40. The van der Waals surface area contributed by atoms with Gasteiger partial charge in [0.2, 0.25) is 5.75 Å². The lowest BCUT2D eigenvalue weighted by Crippen LogP contribution is -1.99. The van der Waals surface area contributed by atoms with Crippen LogP contribution in [-0.2, 0) is 0 Å². The van der Waals surface area contributed by atoms with Crippen molar-refractivity contribution in [3.8, 4) is 11.5 Å². The Labute approximate surface area is 108 Å². The second-order valence-corrected chi connectivity index (χ2v) is 3.72. The molecular weight excluding hydrogens is 251 g/mol. The Morgan fingerprint density at radius 3 is 2.47 bits per heavy atom. The standard InChI is InChI=1S/C13H11FN2O3/c1-15-11-3-2-4-12(13(11)16(17)18)19-10-7-5-9(14)6-8-10/h2-8,15H,1H3. The van der Waals surface area contributed by atoms with Gasteiger partial charge in [-0.05, 0) is 36.4 Å². The Bertz CT molecular complexity index is 599. The molecule has 0 aliphatic carbocycles. The van der Waals surface area contributed by atoms with Crippen molar-refractivity contribution in [1.29, 1.82) is 0 Å². The van der Waals surface area contributed by atoms with E-state index in [1.54, 1.807) is 19.2 Å². The molecule has 0 atom stereocenters. The SMILES string of the molecule is CNc1cccc(Oc2ccc(F)cc2)c1[N+](=O)[O-]. The van der Waals surface area contributed by atoms with E-state index in [4.69, 9.17) is 4.74 Å². The molecule has 6 heteroatoms. The first kappa shape index (κ1) is 12.8. The van der Waals surface area contributed by atoms with E-state index in [0.717, 1.165) is 0 Å². The van der Waals surface area contributed by atoms with E-state index in [9.17, 15) is 14.5 Å². The molecule has 0 amide bonds. The van der Waals surface area contributed by atoms with Gasteiger partial charge in [0.1, 0.15) is 17.3 Å². The maximum absolute atomic E-state index is 12.8. The van der Waals surface area contributed by atoms with Gasteiger partial charge in [0.05, 0.1) is 4.92 Å². The van der Waals surface area contributed by atoms with Gasteiger partial charge in [-0.15, -0.1) is 0 Å². The number of benzene rings is 2. The summed E-state index contributed by atoms with van der Waals surface area (Å²) in [4.78, 5) is 10.5. The zero-order valence-corrected chi connectivity index (χ0v) is 10.1. The number of nitrogens with zero attached hydrogens (tertiary/aromatic N) is 1. The summed E-state index contributed by atoms with van der Waals surface area (Å²) in [5.41, 5.74) is 0.193. The number of anilines is 1. The Morgan fingerprint density at radius 1 is 1.21 bits per heavy atom. The first-order chi connectivity index (χ1) is 9.11. The Hall–Kier alpha value is -2.63. The number of hydrogen-bond acceptors (Lipinski definition) is 4. The lowest BCUT2D eigenvalue weighted by Gasteiger charge is -2.09. The molecule has 2 aromatic carbocycles. The van der Waals surface area contributed by atoms with Gasteiger partial charge in [0.25, 0.3) is 0 Å². The number of halogens is 1. The highest BCUT2D eigenvalue weighted by Gasteiger charge is 2.20. The van der Waals surface area contributed by atoms with Crippen LogP contribution in [0.5, 0.6) is 11.5 Å². The maximum Gasteiger partial charge on any atom is 0.334 e. The van der Waals surface area contributed by atoms with Crippen LogP contribution in [0.2, 0.25) is 0 Å². The molecule has 5 nitrogen and oxygen atoms in total. The smallest absolute Gasteiger partial charge is 0.334 e. The van der Waals surface area contributed by atoms with Gasteiger partial charge in [-0.2, -0.15) is 0 Å². The fraction of sp³-hybridized carbons (Fsp3) is 0.0769. The number of para-hydroxylation sites is 1. The van der Waals surface area contributed by atoms with E-state index >= 15 is 0 Å². The van der Waals surface area contributed by atoms with Crippen molar-refractivity contribution in [2.24, 2.45) is 0 Å². The zero-order valence-electron chi connectivity index (χ0n) is 10.1. The molecule has 0 radical (unpaired) electrons. The monoisotopic (exact) mass is 262 g/mol. The number of hydrogen-bond donors (Lipinski definition) is 1. The number of nitrogens with one attached hydrogen (secondary N) is 1. The fourth-order valence-electron chi connectivity index (χ4n) is 1.62. The first-order valence-corrected chi connectivity index (χ1v) is 5.50. The molecule has 19 heavy (non-hydrogen) atoms. The summed E-state index contributed by atoms with van der Waals surface area (Å²) in [6, 6.07) is 9.97. The highest BCUT2D eigenvalue weighted by atomic mass is 19.1. The molecule has 0 bridgehead atoms. The molecule has 1 N–H and O–H groups in total. The van der Waals surface area contributed by atoms with Crippen molar-refractivity contribution in [3.63, 3.8) is 0 Å². The normalized spacial score (nSPS) is 10.0. The first-order valence-electron chi connectivity index (χ1n) is 5.50. The molecule has 0 unspecified atom stereocenters. The predicted octanol–water partition coefficient (Wildman–Crippen LogP) is 3.57. The molecule has 0 aliphatic heterocycles. The Balaban J connectivity index is 2.39. The minimum Gasteiger partial charge on any atom is -0.450 e. The van der Waals surface area contributed by atoms with E-state index in [1.807, 2.05) is 0 Å². The summed E-state index contributed by atoms with van der Waals surface area (Å²) in [5, 5.41) is 13.8. The van der Waals surface area contributed by atoms with Crippen LogP contribution in [0.4, 0.5) is 15.8 Å². The molecule has 0 saturated heterocycles. The van der Waals surface area contributed by atoms with Crippen LogP contribution in [0.1, 0.15) is 0 Å². The molecule has 0 saturated carbocycles. The number of nitro benzene ring substituents is 1. The van der Waals surface area contributed by atoms with Gasteiger partial charge in [-0.25, -0.2) is 4.39 Å². The maximum atomic E-state index is 12.8. The second kappa shape index (κ2) is 5.34. The van der Waals surface area contributed by atoms with Crippen LogP contribution in [0.15, 0.2) is 42.5 Å². The van der Waals surface area contributed by atoms with Crippen molar-refractivity contribution >= 4 is 11.4 Å². The van der Waals surface area contributed by atoms with Gasteiger partial charge < -0.3 is 10.1 Å². The lowest BCUT2D eigenvalue weighted by molar-refractivity contribution is -0.384. The molecule has 98 valence electrons. The van der Waals surface area contributed by atoms with Crippen molar-refractivity contribution in [2.45, 2.75) is 0 Å². The minimum atomic E-state index is -0.523. The van der Waals surface area contributed by atoms with Crippen molar-refractivity contribution in [1.82, 2.24) is 0 Å². The highest BCUT2D eigenvalue weighted by Crippen LogP contribution is 2.37. The highest BCUT2D eigenvalue weighted by molar-refractivity contribution is 5.68. The van der Waals surface area contributed by atoms with Gasteiger partial charge in [-0.3, -0.25) is 10.1 Å². The van der Waals surface area contributed by atoms with E-state index < -0.39 is 10.7 Å². The van der Waals surface area contributed by atoms with Crippen molar-refractivity contribution < 1.29 is 14.1 Å². The van der Waals surface area contributed by atoms with Gasteiger partial charge in [-0.1, -0.05) is 6.07 Å². The minimum absolute atomic E-state index is 0.100. The lowest BCUT2D eigenvalue weighted by atomic mass is 10.2. The summed E-state index contributed by atoms with van der Waals surface area (Å²) in [5.74, 6) is 0.0343. The molecule has 0 spiro atoms. The number of ether oxygens (including phenoxy) is 1. The number of rotatable bonds is 4. The topological polar surface area (TPSA) is 64.4 Å². The molecular formula is C13H11FN2O3. The summed E-state index contributed by atoms with van der Waals surface area (Å²) < 4.78 is 18.2. The molecule has 0 fully saturated rings. The summed E-state index contributed by atoms with van der Waals surface area (Å²) in [6.07, 6.45) is 0. The molecule has 2 rings (SSSR count). The third kappa shape index (κ3) is 2.79. The van der Waals surface area contributed by atoms with Gasteiger partial charge >= 0.3 is 5.69 Å². The van der Waals surface area contributed by atoms with Crippen LogP contribution in [0.3, 0.4) is 0 Å². The Morgan fingerprint density at radius 2 is 1.89 bits per heavy atom. The van der Waals surface area contributed by atoms with Crippen LogP contribution in [0.25, 0.3) is 0 Å². The van der Waals surface area contributed by atoms with Gasteiger partial charge in [0, 0.05) is 7.05 Å². The molecule has 0 heterocycles. The molecule has 0 aliphatic rings. The summed E-state index contributed by atoms with van der Waals surface area (Å²) in [7, 11) is 1.59. The predicted molar refractivity (Wildman–Crippen MR) is 69.1 cm³/mol. The van der Waals surface area contributed by atoms with E-state index in [2.05, 4.69) is 5.32 Å². The van der Waals surface area contributed by atoms with E-state index in [-0.39, 0.29) is 11.4 Å².